The van der Waals surface area contributed by atoms with Crippen molar-refractivity contribution in [3.63, 3.8) is 0 Å². The molecule has 0 spiro atoms. The third kappa shape index (κ3) is 20.7. The van der Waals surface area contributed by atoms with Gasteiger partial charge < -0.3 is 29.9 Å². The first-order valence-corrected chi connectivity index (χ1v) is 18.5. The normalized spacial score (nSPS) is 23.4. The zero-order chi connectivity index (χ0) is 30.7. The average Bonchev–Trinajstić information content (AvgIpc) is 2.99. The third-order valence-corrected chi connectivity index (χ3v) is 9.18. The number of hydrogen-bond donors (Lipinski definition) is 4. The van der Waals surface area contributed by atoms with Gasteiger partial charge in [-0.1, -0.05) is 174 Å². The Morgan fingerprint density at radius 3 is 1.17 bits per heavy atom. The van der Waals surface area contributed by atoms with E-state index < -0.39 is 37.3 Å². The molecule has 0 aromatic rings. The lowest BCUT2D eigenvalue weighted by atomic mass is 9.99. The molecule has 0 radical (unpaired) electrons. The van der Waals surface area contributed by atoms with E-state index in [0.717, 1.165) is 12.8 Å². The first-order valence-electron chi connectivity index (χ1n) is 18.5. The summed E-state index contributed by atoms with van der Waals surface area (Å²) in [5, 5.41) is 39.1. The Morgan fingerprint density at radius 2 is 0.833 bits per heavy atom. The van der Waals surface area contributed by atoms with E-state index in [2.05, 4.69) is 6.92 Å². The molecule has 1 fully saturated rings. The van der Waals surface area contributed by atoms with Gasteiger partial charge in [0.1, 0.15) is 24.4 Å². The molecule has 6 nitrogen and oxygen atoms in total. The maximum absolute atomic E-state index is 10.1. The zero-order valence-corrected chi connectivity index (χ0v) is 27.9. The quantitative estimate of drug-likeness (QED) is 0.0615. The molecule has 0 aromatic carbocycles. The second kappa shape index (κ2) is 28.2. The molecule has 0 unspecified atom stereocenters. The van der Waals surface area contributed by atoms with Crippen LogP contribution in [0.15, 0.2) is 0 Å². The van der Waals surface area contributed by atoms with Gasteiger partial charge in [0.25, 0.3) is 0 Å². The summed E-state index contributed by atoms with van der Waals surface area (Å²) in [4.78, 5) is 0. The molecule has 1 heterocycles. The van der Waals surface area contributed by atoms with Gasteiger partial charge in [-0.3, -0.25) is 0 Å². The molecule has 1 saturated heterocycles. The highest BCUT2D eigenvalue weighted by Gasteiger charge is 2.44. The Hall–Kier alpha value is -0.240. The van der Waals surface area contributed by atoms with E-state index in [1.165, 1.54) is 161 Å². The van der Waals surface area contributed by atoms with Gasteiger partial charge in [0.2, 0.25) is 0 Å². The topological polar surface area (TPSA) is 99.4 Å². The maximum Gasteiger partial charge on any atom is 0.186 e. The van der Waals surface area contributed by atoms with Crippen LogP contribution in [0.2, 0.25) is 0 Å². The van der Waals surface area contributed by atoms with Crippen molar-refractivity contribution in [1.82, 2.24) is 0 Å². The van der Waals surface area contributed by atoms with E-state index in [1.54, 1.807) is 0 Å². The Balaban J connectivity index is 1.77. The highest BCUT2D eigenvalue weighted by Crippen LogP contribution is 2.24. The summed E-state index contributed by atoms with van der Waals surface area (Å²) in [5.41, 5.74) is 0. The lowest BCUT2D eigenvalue weighted by Crippen LogP contribution is -2.59. The first-order chi connectivity index (χ1) is 20.5. The van der Waals surface area contributed by atoms with Crippen molar-refractivity contribution in [3.8, 4) is 0 Å². The molecule has 0 saturated carbocycles. The van der Waals surface area contributed by atoms with Crippen molar-refractivity contribution in [2.75, 3.05) is 6.61 Å². The number of ether oxygens (including phenoxy) is 2. The predicted octanol–water partition coefficient (Wildman–Crippen LogP) is 8.74. The second-order valence-corrected chi connectivity index (χ2v) is 13.3. The second-order valence-electron chi connectivity index (χ2n) is 13.3. The van der Waals surface area contributed by atoms with Crippen LogP contribution in [0.25, 0.3) is 0 Å². The molecular formula is C36H72O6. The van der Waals surface area contributed by atoms with E-state index in [-0.39, 0.29) is 6.10 Å². The molecule has 42 heavy (non-hydrogen) atoms. The van der Waals surface area contributed by atoms with Crippen LogP contribution in [0.1, 0.15) is 187 Å². The molecule has 0 aromatic heterocycles. The Morgan fingerprint density at radius 1 is 0.500 bits per heavy atom. The Kier molecular flexibility index (Phi) is 26.8. The molecule has 0 amide bonds. The van der Waals surface area contributed by atoms with Crippen LogP contribution < -0.4 is 0 Å². The average molecular weight is 601 g/mol. The largest absolute Gasteiger partial charge is 0.394 e. The SMILES string of the molecule is CCCCCCCCCCCCCCCCCCCCCCCCCCCC[C@@H](C)O[C@@H]1O[C@H](CO)[C@@H](O)[C@H](O)[C@H]1O. The monoisotopic (exact) mass is 601 g/mol. The minimum atomic E-state index is -1.38. The first kappa shape index (κ1) is 39.8. The van der Waals surface area contributed by atoms with Crippen LogP contribution in [0, 0.1) is 0 Å². The van der Waals surface area contributed by atoms with Gasteiger partial charge in [0.05, 0.1) is 12.7 Å². The summed E-state index contributed by atoms with van der Waals surface area (Å²) < 4.78 is 11.2. The predicted molar refractivity (Wildman–Crippen MR) is 175 cm³/mol. The number of unbranched alkanes of at least 4 members (excludes halogenated alkanes) is 25. The highest BCUT2D eigenvalue weighted by molar-refractivity contribution is 4.89. The van der Waals surface area contributed by atoms with Crippen LogP contribution in [0.3, 0.4) is 0 Å². The maximum atomic E-state index is 10.1. The zero-order valence-electron chi connectivity index (χ0n) is 27.9. The minimum Gasteiger partial charge on any atom is -0.394 e. The molecule has 6 atom stereocenters. The summed E-state index contributed by atoms with van der Waals surface area (Å²) in [6.45, 7) is 3.79. The summed E-state index contributed by atoms with van der Waals surface area (Å²) in [5.74, 6) is 0. The van der Waals surface area contributed by atoms with Crippen LogP contribution >= 0.6 is 0 Å². The van der Waals surface area contributed by atoms with Crippen LogP contribution in [-0.4, -0.2) is 63.8 Å². The fraction of sp³-hybridized carbons (Fsp3) is 1.00. The molecule has 1 rings (SSSR count). The minimum absolute atomic E-state index is 0.124. The molecule has 1 aliphatic heterocycles. The summed E-state index contributed by atoms with van der Waals surface area (Å²) >= 11 is 0. The molecule has 1 aliphatic rings. The third-order valence-electron chi connectivity index (χ3n) is 9.18. The summed E-state index contributed by atoms with van der Waals surface area (Å²) in [7, 11) is 0. The van der Waals surface area contributed by atoms with Gasteiger partial charge in [-0.2, -0.15) is 0 Å². The Bertz CT molecular complexity index is 559. The number of rotatable bonds is 30. The molecule has 0 aliphatic carbocycles. The molecule has 6 heteroatoms. The van der Waals surface area contributed by atoms with Crippen molar-refractivity contribution in [2.45, 2.75) is 224 Å². The van der Waals surface area contributed by atoms with Crippen molar-refractivity contribution in [2.24, 2.45) is 0 Å². The van der Waals surface area contributed by atoms with Crippen molar-refractivity contribution in [3.05, 3.63) is 0 Å². The number of aliphatic hydroxyl groups is 4. The van der Waals surface area contributed by atoms with E-state index in [9.17, 15) is 20.4 Å². The summed E-state index contributed by atoms with van der Waals surface area (Å²) in [6, 6.07) is 0. The van der Waals surface area contributed by atoms with E-state index in [1.807, 2.05) is 6.92 Å². The van der Waals surface area contributed by atoms with Crippen LogP contribution in [0.5, 0.6) is 0 Å². The Labute approximate surface area is 260 Å². The van der Waals surface area contributed by atoms with Gasteiger partial charge in [-0.15, -0.1) is 0 Å². The van der Waals surface area contributed by atoms with Gasteiger partial charge >= 0.3 is 0 Å². The van der Waals surface area contributed by atoms with Crippen LogP contribution in [0.4, 0.5) is 0 Å². The van der Waals surface area contributed by atoms with Gasteiger partial charge in [0.15, 0.2) is 6.29 Å². The highest BCUT2D eigenvalue weighted by atomic mass is 16.7. The molecule has 4 N–H and O–H groups in total. The summed E-state index contributed by atoms with van der Waals surface area (Å²) in [6.07, 6.45) is 30.9. The molecular weight excluding hydrogens is 528 g/mol. The van der Waals surface area contributed by atoms with E-state index in [4.69, 9.17) is 9.47 Å². The van der Waals surface area contributed by atoms with Gasteiger partial charge in [-0.25, -0.2) is 0 Å². The number of aliphatic hydroxyl groups excluding tert-OH is 4. The molecule has 252 valence electrons. The van der Waals surface area contributed by atoms with E-state index in [0.29, 0.717) is 0 Å². The van der Waals surface area contributed by atoms with E-state index >= 15 is 0 Å². The fourth-order valence-electron chi connectivity index (χ4n) is 6.22. The van der Waals surface area contributed by atoms with Crippen molar-refractivity contribution >= 4 is 0 Å². The lowest BCUT2D eigenvalue weighted by molar-refractivity contribution is -0.310. The van der Waals surface area contributed by atoms with Crippen molar-refractivity contribution in [1.29, 1.82) is 0 Å². The van der Waals surface area contributed by atoms with Gasteiger partial charge in [-0.05, 0) is 13.3 Å². The van der Waals surface area contributed by atoms with Crippen molar-refractivity contribution < 1.29 is 29.9 Å². The van der Waals surface area contributed by atoms with Crippen LogP contribution in [-0.2, 0) is 9.47 Å². The lowest BCUT2D eigenvalue weighted by Gasteiger charge is -2.40. The standard InChI is InChI=1S/C36H72O6/c1-3-4-5-6-7-8-9-10-11-12-13-14-15-16-17-18-19-20-21-22-23-24-25-26-27-28-29-31(2)41-36-35(40)34(39)33(38)32(30-37)42-36/h31-40H,3-30H2,1-2H3/t31-,32-,33-,34+,35-,36-/m1/s1. The number of hydrogen-bond acceptors (Lipinski definition) is 6. The molecule has 0 bridgehead atoms. The van der Waals surface area contributed by atoms with Gasteiger partial charge in [0, 0.05) is 0 Å². The fourth-order valence-corrected chi connectivity index (χ4v) is 6.22. The smallest absolute Gasteiger partial charge is 0.186 e.